The van der Waals surface area contributed by atoms with Crippen molar-refractivity contribution >= 4 is 29.2 Å². The molecule has 6 atom stereocenters. The molecule has 0 aromatic heterocycles. The van der Waals surface area contributed by atoms with Crippen molar-refractivity contribution in [3.05, 3.63) is 11.6 Å². The molecule has 0 aromatic carbocycles. The van der Waals surface area contributed by atoms with Gasteiger partial charge in [0.25, 0.3) is 0 Å². The lowest BCUT2D eigenvalue weighted by atomic mass is 9.46. The maximum Gasteiger partial charge on any atom is 0.227 e. The first-order valence-electron chi connectivity index (χ1n) is 11.0. The van der Waals surface area contributed by atoms with Crippen molar-refractivity contribution in [1.82, 2.24) is 0 Å². The smallest absolute Gasteiger partial charge is 0.227 e. The fraction of sp³-hybridized carbons (Fsp3) is 0.783. The minimum Gasteiger partial charge on any atom is -0.381 e. The summed E-state index contributed by atoms with van der Waals surface area (Å²) in [5.41, 5.74) is 4.92. The molecule has 0 unspecified atom stereocenters. The maximum atomic E-state index is 13.0. The molecule has 5 nitrogen and oxygen atoms in total. The number of ketones is 2. The number of aliphatic hydroxyl groups is 1. The Balaban J connectivity index is 1.56. The van der Waals surface area contributed by atoms with Crippen molar-refractivity contribution in [3.8, 4) is 0 Å². The zero-order valence-corrected chi connectivity index (χ0v) is 18.4. The number of thioether (sulfide) groups is 1. The molecule has 1 amide bonds. The van der Waals surface area contributed by atoms with Crippen molar-refractivity contribution < 1.29 is 19.5 Å². The van der Waals surface area contributed by atoms with Crippen molar-refractivity contribution in [2.24, 2.45) is 34.3 Å². The third-order valence-electron chi connectivity index (χ3n) is 9.05. The number of Topliss-reactive ketones (excluding diaryl/α,β-unsaturated/α-hetero) is 1. The summed E-state index contributed by atoms with van der Waals surface area (Å²) in [7, 11) is 0. The van der Waals surface area contributed by atoms with E-state index in [-0.39, 0.29) is 28.5 Å². The minimum atomic E-state index is -1.30. The summed E-state index contributed by atoms with van der Waals surface area (Å²) in [4.78, 5) is 36.0. The third kappa shape index (κ3) is 3.13. The second kappa shape index (κ2) is 7.23. The van der Waals surface area contributed by atoms with Crippen molar-refractivity contribution in [1.29, 1.82) is 0 Å². The Hall–Kier alpha value is -1.14. The molecule has 0 bridgehead atoms. The van der Waals surface area contributed by atoms with Gasteiger partial charge in [-0.3, -0.25) is 14.4 Å². The highest BCUT2D eigenvalue weighted by Gasteiger charge is 2.65. The SMILES string of the molecule is C[C@]12CCC(=O)C=C1CC[C@@H]1[C@H]2CC[C@@]2(C)[C@@H]1CC[C@]2(O)C(=O)CSCC(N)=O. The van der Waals surface area contributed by atoms with Crippen LogP contribution in [0, 0.1) is 28.6 Å². The number of allylic oxidation sites excluding steroid dienone is 1. The van der Waals surface area contributed by atoms with E-state index in [1.165, 1.54) is 17.3 Å². The number of nitrogens with two attached hydrogens (primary N) is 1. The van der Waals surface area contributed by atoms with Crippen LogP contribution in [0.25, 0.3) is 0 Å². The molecule has 29 heavy (non-hydrogen) atoms. The number of primary amides is 1. The Kier molecular flexibility index (Phi) is 5.26. The monoisotopic (exact) mass is 419 g/mol. The topological polar surface area (TPSA) is 97.5 Å². The number of rotatable bonds is 5. The highest BCUT2D eigenvalue weighted by molar-refractivity contribution is 8.00. The molecule has 4 aliphatic rings. The van der Waals surface area contributed by atoms with E-state index in [0.717, 1.165) is 38.5 Å². The summed E-state index contributed by atoms with van der Waals surface area (Å²) >= 11 is 1.21. The van der Waals surface area contributed by atoms with E-state index in [4.69, 9.17) is 5.73 Å². The normalized spacial score (nSPS) is 43.8. The summed E-state index contributed by atoms with van der Waals surface area (Å²) in [6.45, 7) is 4.47. The van der Waals surface area contributed by atoms with Crippen LogP contribution >= 0.6 is 11.8 Å². The zero-order valence-electron chi connectivity index (χ0n) is 17.5. The molecule has 160 valence electrons. The Bertz CT molecular complexity index is 779. The lowest BCUT2D eigenvalue weighted by Gasteiger charge is -2.58. The first-order valence-corrected chi connectivity index (χ1v) is 12.1. The quantitative estimate of drug-likeness (QED) is 0.714. The lowest BCUT2D eigenvalue weighted by molar-refractivity contribution is -0.159. The summed E-state index contributed by atoms with van der Waals surface area (Å²) < 4.78 is 0. The van der Waals surface area contributed by atoms with Crippen LogP contribution in [0.15, 0.2) is 11.6 Å². The molecule has 0 saturated heterocycles. The van der Waals surface area contributed by atoms with Crippen molar-refractivity contribution in [3.63, 3.8) is 0 Å². The van der Waals surface area contributed by atoms with Crippen LogP contribution in [-0.2, 0) is 14.4 Å². The van der Waals surface area contributed by atoms with E-state index in [2.05, 4.69) is 13.8 Å². The first-order chi connectivity index (χ1) is 13.6. The van der Waals surface area contributed by atoms with Gasteiger partial charge in [-0.05, 0) is 74.2 Å². The highest BCUT2D eigenvalue weighted by Crippen LogP contribution is 2.67. The summed E-state index contributed by atoms with van der Waals surface area (Å²) in [5, 5.41) is 11.6. The van der Waals surface area contributed by atoms with E-state index in [1.807, 2.05) is 6.08 Å². The molecule has 0 heterocycles. The summed E-state index contributed by atoms with van der Waals surface area (Å²) in [6, 6.07) is 0. The van der Waals surface area contributed by atoms with Gasteiger partial charge in [0.1, 0.15) is 5.60 Å². The Morgan fingerprint density at radius 1 is 1.10 bits per heavy atom. The Morgan fingerprint density at radius 2 is 1.83 bits per heavy atom. The molecule has 0 radical (unpaired) electrons. The predicted octanol–water partition coefficient (Wildman–Crippen LogP) is 3.04. The van der Waals surface area contributed by atoms with Crippen LogP contribution in [0.3, 0.4) is 0 Å². The second-order valence-corrected chi connectivity index (χ2v) is 11.2. The van der Waals surface area contributed by atoms with Crippen molar-refractivity contribution in [2.75, 3.05) is 11.5 Å². The van der Waals surface area contributed by atoms with Gasteiger partial charge in [0.05, 0.1) is 11.5 Å². The third-order valence-corrected chi connectivity index (χ3v) is 10.0. The van der Waals surface area contributed by atoms with E-state index < -0.39 is 16.9 Å². The summed E-state index contributed by atoms with van der Waals surface area (Å²) in [6.07, 6.45) is 8.77. The van der Waals surface area contributed by atoms with Crippen LogP contribution in [-0.4, -0.2) is 39.7 Å². The molecule has 0 aromatic rings. The molecule has 4 aliphatic carbocycles. The summed E-state index contributed by atoms with van der Waals surface area (Å²) in [5.74, 6) is 1.33. The van der Waals surface area contributed by atoms with Gasteiger partial charge in [-0.1, -0.05) is 19.4 Å². The lowest BCUT2D eigenvalue weighted by Crippen LogP contribution is -2.58. The van der Waals surface area contributed by atoms with E-state index in [0.29, 0.717) is 30.6 Å². The number of hydrogen-bond acceptors (Lipinski definition) is 5. The molecular formula is C23H33NO4S. The van der Waals surface area contributed by atoms with Gasteiger partial charge in [0, 0.05) is 11.8 Å². The molecule has 6 heteroatoms. The number of carbonyl (C=O) groups is 3. The second-order valence-electron chi connectivity index (χ2n) is 10.2. The molecular weight excluding hydrogens is 386 g/mol. The average molecular weight is 420 g/mol. The van der Waals surface area contributed by atoms with Crippen LogP contribution in [0.4, 0.5) is 0 Å². The van der Waals surface area contributed by atoms with Gasteiger partial charge in [-0.25, -0.2) is 0 Å². The van der Waals surface area contributed by atoms with Crippen LogP contribution < -0.4 is 5.73 Å². The molecule has 4 rings (SSSR count). The van der Waals surface area contributed by atoms with Gasteiger partial charge in [-0.15, -0.1) is 11.8 Å². The van der Waals surface area contributed by atoms with E-state index >= 15 is 0 Å². The number of carbonyl (C=O) groups excluding carboxylic acids is 3. The predicted molar refractivity (Wildman–Crippen MR) is 113 cm³/mol. The van der Waals surface area contributed by atoms with Gasteiger partial charge < -0.3 is 10.8 Å². The van der Waals surface area contributed by atoms with E-state index in [1.54, 1.807) is 0 Å². The molecule has 3 fully saturated rings. The molecule has 3 saturated carbocycles. The molecule has 0 spiro atoms. The number of fused-ring (bicyclic) bond motifs is 5. The van der Waals surface area contributed by atoms with Crippen LogP contribution in [0.1, 0.15) is 65.2 Å². The van der Waals surface area contributed by atoms with Crippen molar-refractivity contribution in [2.45, 2.75) is 70.8 Å². The number of amides is 1. The van der Waals surface area contributed by atoms with Gasteiger partial charge >= 0.3 is 0 Å². The Labute approximate surface area is 177 Å². The maximum absolute atomic E-state index is 13.0. The van der Waals surface area contributed by atoms with Gasteiger partial charge in [0.15, 0.2) is 11.6 Å². The van der Waals surface area contributed by atoms with Gasteiger partial charge in [0.2, 0.25) is 5.91 Å². The van der Waals surface area contributed by atoms with E-state index in [9.17, 15) is 19.5 Å². The average Bonchev–Trinajstić information content (AvgIpc) is 2.94. The Morgan fingerprint density at radius 3 is 2.55 bits per heavy atom. The van der Waals surface area contributed by atoms with Crippen LogP contribution in [0.5, 0.6) is 0 Å². The molecule has 3 N–H and O–H groups in total. The fourth-order valence-electron chi connectivity index (χ4n) is 7.40. The highest BCUT2D eigenvalue weighted by atomic mass is 32.2. The molecule has 0 aliphatic heterocycles. The largest absolute Gasteiger partial charge is 0.381 e. The fourth-order valence-corrected chi connectivity index (χ4v) is 8.12. The first kappa shape index (κ1) is 21.1. The van der Waals surface area contributed by atoms with Gasteiger partial charge in [-0.2, -0.15) is 0 Å². The standard InChI is InChI=1S/C23H33NO4S/c1-21-8-5-15(25)11-14(21)3-4-16-17(21)6-9-22(2)18(16)7-10-23(22,28)19(26)12-29-13-20(24)27/h11,16-18,28H,3-10,12-13H2,1-2H3,(H2,24,27)/t16-,17-,18-,21+,22+,23+/m1/s1. The number of hydrogen-bond donors (Lipinski definition) is 2. The van der Waals surface area contributed by atoms with Crippen LogP contribution in [0.2, 0.25) is 0 Å². The zero-order chi connectivity index (χ0) is 21.0. The minimum absolute atomic E-state index is 0.0974.